The highest BCUT2D eigenvalue weighted by Gasteiger charge is 2.34. The Hall–Kier alpha value is -0.900. The van der Waals surface area contributed by atoms with Crippen molar-refractivity contribution in [1.82, 2.24) is 9.80 Å². The number of nitrogens with zero attached hydrogens (tertiary/aromatic N) is 2. The first-order valence-electron chi connectivity index (χ1n) is 7.96. The lowest BCUT2D eigenvalue weighted by Crippen LogP contribution is -2.43. The maximum absolute atomic E-state index is 9.02. The molecule has 3 heteroatoms. The zero-order valence-electron chi connectivity index (χ0n) is 12.2. The molecule has 3 aliphatic heterocycles. The summed E-state index contributed by atoms with van der Waals surface area (Å²) in [5.74, 6) is 0.816. The summed E-state index contributed by atoms with van der Waals surface area (Å²) in [6.07, 6.45) is 3.64. The molecule has 2 atom stereocenters. The Bertz CT molecular complexity index is 409. The monoisotopic (exact) mass is 274 g/mol. The number of hydrogen-bond acceptors (Lipinski definition) is 3. The van der Waals surface area contributed by atoms with Crippen molar-refractivity contribution in [2.75, 3.05) is 32.8 Å². The molecule has 0 amide bonds. The van der Waals surface area contributed by atoms with E-state index >= 15 is 0 Å². The summed E-state index contributed by atoms with van der Waals surface area (Å²) < 4.78 is 0. The number of aliphatic hydroxyl groups excluding tert-OH is 1. The molecule has 3 aliphatic rings. The first kappa shape index (κ1) is 14.1. The molecule has 4 rings (SSSR count). The van der Waals surface area contributed by atoms with Gasteiger partial charge in [-0.25, -0.2) is 0 Å². The van der Waals surface area contributed by atoms with Gasteiger partial charge in [-0.05, 0) is 30.7 Å². The molecule has 1 aromatic carbocycles. The summed E-state index contributed by atoms with van der Waals surface area (Å²) >= 11 is 0. The van der Waals surface area contributed by atoms with E-state index in [1.165, 1.54) is 38.0 Å². The zero-order chi connectivity index (χ0) is 13.8. The van der Waals surface area contributed by atoms with E-state index in [1.807, 2.05) is 0 Å². The SMILES string of the molecule is OCCCN1C[C@@H]2CC[C@H](C1)N(Cc1ccccc1)C2. The van der Waals surface area contributed by atoms with E-state index in [1.54, 1.807) is 0 Å². The third-order valence-corrected chi connectivity index (χ3v) is 4.76. The van der Waals surface area contributed by atoms with Crippen LogP contribution in [0.1, 0.15) is 24.8 Å². The molecule has 0 saturated carbocycles. The van der Waals surface area contributed by atoms with Crippen molar-refractivity contribution in [3.05, 3.63) is 35.9 Å². The lowest BCUT2D eigenvalue weighted by Gasteiger charge is -2.36. The van der Waals surface area contributed by atoms with Crippen LogP contribution in [-0.4, -0.2) is 53.7 Å². The van der Waals surface area contributed by atoms with Crippen molar-refractivity contribution in [3.63, 3.8) is 0 Å². The summed E-state index contributed by atoms with van der Waals surface area (Å²) in [7, 11) is 0. The Morgan fingerprint density at radius 2 is 1.90 bits per heavy atom. The summed E-state index contributed by atoms with van der Waals surface area (Å²) in [6, 6.07) is 11.5. The predicted molar refractivity (Wildman–Crippen MR) is 81.5 cm³/mol. The molecule has 3 saturated heterocycles. The number of aliphatic hydroxyl groups is 1. The summed E-state index contributed by atoms with van der Waals surface area (Å²) in [5, 5.41) is 9.02. The van der Waals surface area contributed by atoms with Gasteiger partial charge in [-0.3, -0.25) is 4.90 Å². The predicted octanol–water partition coefficient (Wildman–Crippen LogP) is 1.97. The molecular weight excluding hydrogens is 248 g/mol. The van der Waals surface area contributed by atoms with Crippen molar-refractivity contribution >= 4 is 0 Å². The Morgan fingerprint density at radius 3 is 2.70 bits per heavy atom. The van der Waals surface area contributed by atoms with Gasteiger partial charge in [0, 0.05) is 45.4 Å². The molecular formula is C17H26N2O. The van der Waals surface area contributed by atoms with Crippen LogP contribution in [-0.2, 0) is 6.54 Å². The quantitative estimate of drug-likeness (QED) is 0.889. The van der Waals surface area contributed by atoms with Gasteiger partial charge in [0.05, 0.1) is 0 Å². The number of piperidine rings is 1. The maximum Gasteiger partial charge on any atom is 0.0443 e. The topological polar surface area (TPSA) is 26.7 Å². The average molecular weight is 274 g/mol. The van der Waals surface area contributed by atoms with Crippen LogP contribution in [0.15, 0.2) is 30.3 Å². The van der Waals surface area contributed by atoms with Crippen LogP contribution >= 0.6 is 0 Å². The number of rotatable bonds is 5. The molecule has 0 spiro atoms. The van der Waals surface area contributed by atoms with Crippen molar-refractivity contribution < 1.29 is 5.11 Å². The third-order valence-electron chi connectivity index (χ3n) is 4.76. The first-order chi connectivity index (χ1) is 9.85. The highest BCUT2D eigenvalue weighted by atomic mass is 16.3. The molecule has 1 aromatic rings. The molecule has 0 aliphatic carbocycles. The molecule has 2 bridgehead atoms. The van der Waals surface area contributed by atoms with Crippen LogP contribution in [0.25, 0.3) is 0 Å². The van der Waals surface area contributed by atoms with Gasteiger partial charge in [0.1, 0.15) is 0 Å². The van der Waals surface area contributed by atoms with Gasteiger partial charge in [-0.1, -0.05) is 30.3 Å². The van der Waals surface area contributed by atoms with E-state index in [0.29, 0.717) is 12.6 Å². The standard InChI is InChI=1S/C17H26N2O/c20-10-4-9-18-11-16-7-8-17(14-18)19(13-16)12-15-5-2-1-3-6-15/h1-3,5-6,16-17,20H,4,7-14H2/t16-,17+/m0/s1. The van der Waals surface area contributed by atoms with Gasteiger partial charge < -0.3 is 10.0 Å². The van der Waals surface area contributed by atoms with Crippen LogP contribution in [0, 0.1) is 5.92 Å². The van der Waals surface area contributed by atoms with Crippen molar-refractivity contribution in [1.29, 1.82) is 0 Å². The molecule has 3 heterocycles. The van der Waals surface area contributed by atoms with Gasteiger partial charge in [0.2, 0.25) is 0 Å². The van der Waals surface area contributed by atoms with E-state index < -0.39 is 0 Å². The van der Waals surface area contributed by atoms with Crippen LogP contribution < -0.4 is 0 Å². The average Bonchev–Trinajstić information content (AvgIpc) is 2.77. The minimum atomic E-state index is 0.319. The number of hydrogen-bond donors (Lipinski definition) is 1. The fraction of sp³-hybridized carbons (Fsp3) is 0.647. The number of fused-ring (bicyclic) bond motifs is 4. The summed E-state index contributed by atoms with van der Waals surface area (Å²) in [6.45, 7) is 6.12. The van der Waals surface area contributed by atoms with E-state index in [4.69, 9.17) is 5.11 Å². The zero-order valence-corrected chi connectivity index (χ0v) is 12.2. The van der Waals surface area contributed by atoms with Gasteiger partial charge in [-0.2, -0.15) is 0 Å². The first-order valence-corrected chi connectivity index (χ1v) is 7.96. The van der Waals surface area contributed by atoms with Gasteiger partial charge in [0.15, 0.2) is 0 Å². The largest absolute Gasteiger partial charge is 0.396 e. The molecule has 110 valence electrons. The number of benzene rings is 1. The van der Waals surface area contributed by atoms with Crippen molar-refractivity contribution in [2.24, 2.45) is 5.92 Å². The van der Waals surface area contributed by atoms with Gasteiger partial charge in [0.25, 0.3) is 0 Å². The highest BCUT2D eigenvalue weighted by molar-refractivity contribution is 5.15. The van der Waals surface area contributed by atoms with Crippen molar-refractivity contribution in [2.45, 2.75) is 31.8 Å². The normalized spacial score (nSPS) is 27.6. The van der Waals surface area contributed by atoms with Crippen LogP contribution in [0.5, 0.6) is 0 Å². The Kier molecular flexibility index (Phi) is 4.71. The highest BCUT2D eigenvalue weighted by Crippen LogP contribution is 2.29. The lowest BCUT2D eigenvalue weighted by atomic mass is 9.94. The van der Waals surface area contributed by atoms with Crippen molar-refractivity contribution in [3.8, 4) is 0 Å². The molecule has 3 fully saturated rings. The van der Waals surface area contributed by atoms with E-state index in [9.17, 15) is 0 Å². The van der Waals surface area contributed by atoms with Crippen LogP contribution in [0.2, 0.25) is 0 Å². The van der Waals surface area contributed by atoms with Crippen LogP contribution in [0.4, 0.5) is 0 Å². The van der Waals surface area contributed by atoms with Gasteiger partial charge >= 0.3 is 0 Å². The fourth-order valence-corrected chi connectivity index (χ4v) is 3.76. The molecule has 0 radical (unpaired) electrons. The van der Waals surface area contributed by atoms with Crippen LogP contribution in [0.3, 0.4) is 0 Å². The van der Waals surface area contributed by atoms with E-state index in [0.717, 1.165) is 25.4 Å². The Balaban J connectivity index is 1.63. The van der Waals surface area contributed by atoms with E-state index in [-0.39, 0.29) is 0 Å². The Morgan fingerprint density at radius 1 is 1.05 bits per heavy atom. The molecule has 0 unspecified atom stereocenters. The second-order valence-electron chi connectivity index (χ2n) is 6.35. The minimum absolute atomic E-state index is 0.319. The molecule has 0 aromatic heterocycles. The maximum atomic E-state index is 9.02. The fourth-order valence-electron chi connectivity index (χ4n) is 3.76. The Labute approximate surface area is 122 Å². The molecule has 20 heavy (non-hydrogen) atoms. The molecule has 1 N–H and O–H groups in total. The lowest BCUT2D eigenvalue weighted by molar-refractivity contribution is 0.123. The summed E-state index contributed by atoms with van der Waals surface area (Å²) in [5.41, 5.74) is 1.43. The minimum Gasteiger partial charge on any atom is -0.396 e. The smallest absolute Gasteiger partial charge is 0.0443 e. The molecule has 3 nitrogen and oxygen atoms in total. The second kappa shape index (κ2) is 6.70. The summed E-state index contributed by atoms with van der Waals surface area (Å²) in [4.78, 5) is 5.26. The van der Waals surface area contributed by atoms with Gasteiger partial charge in [-0.15, -0.1) is 0 Å². The third kappa shape index (κ3) is 3.40. The second-order valence-corrected chi connectivity index (χ2v) is 6.35. The van der Waals surface area contributed by atoms with E-state index in [2.05, 4.69) is 40.1 Å².